The maximum absolute atomic E-state index is 13.0. The van der Waals surface area contributed by atoms with Crippen LogP contribution in [0.15, 0.2) is 47.5 Å². The molecule has 0 saturated carbocycles. The smallest absolute Gasteiger partial charge is 0.330 e. The van der Waals surface area contributed by atoms with Gasteiger partial charge in [-0.1, -0.05) is 6.07 Å². The lowest BCUT2D eigenvalue weighted by Crippen LogP contribution is -2.42. The Hall–Kier alpha value is -3.42. The van der Waals surface area contributed by atoms with Gasteiger partial charge in [0.1, 0.15) is 0 Å². The predicted octanol–water partition coefficient (Wildman–Crippen LogP) is 2.23. The summed E-state index contributed by atoms with van der Waals surface area (Å²) in [6, 6.07) is 9.69. The Bertz CT molecular complexity index is 1300. The van der Waals surface area contributed by atoms with Crippen molar-refractivity contribution in [2.45, 2.75) is 25.8 Å². The number of likely N-dealkylation sites (tertiary alicyclic amines) is 1. The third kappa shape index (κ3) is 2.74. The number of hydrogen-bond acceptors (Lipinski definition) is 4. The molecule has 0 spiro atoms. The highest BCUT2D eigenvalue weighted by atomic mass is 16.2. The van der Waals surface area contributed by atoms with Gasteiger partial charge in [-0.3, -0.25) is 13.9 Å². The van der Waals surface area contributed by atoms with Crippen molar-refractivity contribution >= 4 is 22.6 Å². The Morgan fingerprint density at radius 1 is 1.17 bits per heavy atom. The van der Waals surface area contributed by atoms with Gasteiger partial charge in [0.05, 0.1) is 29.0 Å². The summed E-state index contributed by atoms with van der Waals surface area (Å²) in [5.41, 5.74) is 4.00. The van der Waals surface area contributed by atoms with Gasteiger partial charge in [-0.15, -0.1) is 0 Å². The number of pyridine rings is 2. The van der Waals surface area contributed by atoms with Crippen LogP contribution in [0.4, 0.5) is 0 Å². The molecule has 5 heterocycles. The zero-order chi connectivity index (χ0) is 20.1. The number of aryl methyl sites for hydroxylation is 1. The van der Waals surface area contributed by atoms with Gasteiger partial charge in [0, 0.05) is 38.8 Å². The van der Waals surface area contributed by atoms with Gasteiger partial charge in [0.2, 0.25) is 5.91 Å². The van der Waals surface area contributed by atoms with Gasteiger partial charge in [-0.25, -0.2) is 14.3 Å². The standard InChI is InChI=1S/C21H22N6O2/c1-14(28)25-10-5-6-15(13-25)27-20-19(24(2)21(27)29)9-8-17(23-20)16-12-22-26-11-4-3-7-18(16)26/h3-4,7-9,11-12,15H,5-6,10,13H2,1-2H3/t15-/m0/s1. The first-order valence-corrected chi connectivity index (χ1v) is 9.81. The molecule has 8 heteroatoms. The zero-order valence-corrected chi connectivity index (χ0v) is 16.4. The predicted molar refractivity (Wildman–Crippen MR) is 110 cm³/mol. The number of amides is 1. The molecule has 8 nitrogen and oxygen atoms in total. The van der Waals surface area contributed by atoms with Crippen molar-refractivity contribution in [3.8, 4) is 11.3 Å². The number of nitrogens with zero attached hydrogens (tertiary/aromatic N) is 6. The fraction of sp³-hybridized carbons (Fsp3) is 0.333. The van der Waals surface area contributed by atoms with Gasteiger partial charge in [-0.2, -0.15) is 5.10 Å². The van der Waals surface area contributed by atoms with E-state index in [9.17, 15) is 9.59 Å². The lowest BCUT2D eigenvalue weighted by molar-refractivity contribution is -0.130. The molecule has 0 unspecified atom stereocenters. The van der Waals surface area contributed by atoms with Crippen LogP contribution in [0.2, 0.25) is 0 Å². The fourth-order valence-electron chi connectivity index (χ4n) is 4.30. The first-order valence-electron chi connectivity index (χ1n) is 9.81. The van der Waals surface area contributed by atoms with E-state index in [0.29, 0.717) is 12.2 Å². The van der Waals surface area contributed by atoms with Crippen LogP contribution in [0, 0.1) is 0 Å². The monoisotopic (exact) mass is 390 g/mol. The van der Waals surface area contributed by atoms with Crippen LogP contribution in [0.5, 0.6) is 0 Å². The van der Waals surface area contributed by atoms with Crippen molar-refractivity contribution in [1.29, 1.82) is 0 Å². The Kier molecular flexibility index (Phi) is 4.01. The van der Waals surface area contributed by atoms with E-state index in [1.165, 1.54) is 0 Å². The van der Waals surface area contributed by atoms with Crippen molar-refractivity contribution in [3.63, 3.8) is 0 Å². The highest BCUT2D eigenvalue weighted by Crippen LogP contribution is 2.28. The SMILES string of the molecule is CC(=O)N1CCC[C@H](n2c(=O)n(C)c3ccc(-c4cnn5ccccc45)nc32)C1. The molecular formula is C21H22N6O2. The average molecular weight is 390 g/mol. The first-order chi connectivity index (χ1) is 14.0. The highest BCUT2D eigenvalue weighted by Gasteiger charge is 2.27. The molecule has 0 bridgehead atoms. The van der Waals surface area contributed by atoms with Gasteiger partial charge < -0.3 is 4.90 Å². The molecule has 1 saturated heterocycles. The summed E-state index contributed by atoms with van der Waals surface area (Å²) in [5.74, 6) is 0.0444. The largest absolute Gasteiger partial charge is 0.341 e. The molecule has 0 N–H and O–H groups in total. The van der Waals surface area contributed by atoms with Crippen molar-refractivity contribution in [3.05, 3.63) is 53.2 Å². The Morgan fingerprint density at radius 3 is 2.86 bits per heavy atom. The fourth-order valence-corrected chi connectivity index (χ4v) is 4.30. The number of imidazole rings is 1. The molecule has 29 heavy (non-hydrogen) atoms. The maximum atomic E-state index is 13.0. The summed E-state index contributed by atoms with van der Waals surface area (Å²) >= 11 is 0. The van der Waals surface area contributed by atoms with Gasteiger partial charge in [0.15, 0.2) is 5.65 Å². The van der Waals surface area contributed by atoms with Crippen molar-refractivity contribution in [2.75, 3.05) is 13.1 Å². The molecule has 0 aliphatic carbocycles. The van der Waals surface area contributed by atoms with Crippen LogP contribution < -0.4 is 5.69 Å². The molecule has 0 aromatic carbocycles. The number of rotatable bonds is 2. The summed E-state index contributed by atoms with van der Waals surface area (Å²) in [6.07, 6.45) is 5.42. The second-order valence-electron chi connectivity index (χ2n) is 7.60. The normalized spacial score (nSPS) is 17.3. The third-order valence-electron chi connectivity index (χ3n) is 5.85. The molecule has 1 aliphatic rings. The number of carbonyl (C=O) groups is 1. The molecule has 4 aromatic heterocycles. The lowest BCUT2D eigenvalue weighted by atomic mass is 10.1. The second kappa shape index (κ2) is 6.58. The minimum atomic E-state index is -0.0973. The second-order valence-corrected chi connectivity index (χ2v) is 7.60. The summed E-state index contributed by atoms with van der Waals surface area (Å²) in [7, 11) is 1.77. The Morgan fingerprint density at radius 2 is 2.03 bits per heavy atom. The molecular weight excluding hydrogens is 368 g/mol. The number of aromatic nitrogens is 5. The third-order valence-corrected chi connectivity index (χ3v) is 5.85. The highest BCUT2D eigenvalue weighted by molar-refractivity contribution is 5.82. The number of piperidine rings is 1. The average Bonchev–Trinajstić information content (AvgIpc) is 3.27. The van der Waals surface area contributed by atoms with E-state index in [0.717, 1.165) is 41.7 Å². The van der Waals surface area contributed by atoms with Crippen molar-refractivity contribution in [1.82, 2.24) is 28.6 Å². The van der Waals surface area contributed by atoms with E-state index < -0.39 is 0 Å². The summed E-state index contributed by atoms with van der Waals surface area (Å²) in [5, 5.41) is 4.40. The molecule has 5 rings (SSSR count). The van der Waals surface area contributed by atoms with Crippen molar-refractivity contribution in [2.24, 2.45) is 7.05 Å². The molecule has 0 radical (unpaired) electrons. The Labute approximate surface area is 167 Å². The topological polar surface area (TPSA) is 77.4 Å². The van der Waals surface area contributed by atoms with E-state index in [2.05, 4.69) is 5.10 Å². The van der Waals surface area contributed by atoms with Crippen LogP contribution in [-0.4, -0.2) is 47.6 Å². The van der Waals surface area contributed by atoms with E-state index in [1.54, 1.807) is 29.3 Å². The summed E-state index contributed by atoms with van der Waals surface area (Å²) < 4.78 is 5.21. The van der Waals surface area contributed by atoms with E-state index >= 15 is 0 Å². The van der Waals surface area contributed by atoms with E-state index in [-0.39, 0.29) is 17.6 Å². The van der Waals surface area contributed by atoms with Crippen LogP contribution in [0.1, 0.15) is 25.8 Å². The minimum Gasteiger partial charge on any atom is -0.341 e. The lowest BCUT2D eigenvalue weighted by Gasteiger charge is -2.32. The minimum absolute atomic E-state index is 0.0444. The Balaban J connectivity index is 1.67. The molecule has 1 fully saturated rings. The van der Waals surface area contributed by atoms with Gasteiger partial charge >= 0.3 is 5.69 Å². The van der Waals surface area contributed by atoms with Gasteiger partial charge in [0.25, 0.3) is 0 Å². The van der Waals surface area contributed by atoms with Crippen LogP contribution >= 0.6 is 0 Å². The quantitative estimate of drug-likeness (QED) is 0.526. The molecule has 148 valence electrons. The zero-order valence-electron chi connectivity index (χ0n) is 16.4. The number of carbonyl (C=O) groups excluding carboxylic acids is 1. The maximum Gasteiger partial charge on any atom is 0.330 e. The summed E-state index contributed by atoms with van der Waals surface area (Å²) in [6.45, 7) is 2.86. The molecule has 1 amide bonds. The van der Waals surface area contributed by atoms with Crippen LogP contribution in [0.3, 0.4) is 0 Å². The number of fused-ring (bicyclic) bond motifs is 2. The van der Waals surface area contributed by atoms with Crippen LogP contribution in [0.25, 0.3) is 27.9 Å². The molecule has 4 aromatic rings. The van der Waals surface area contributed by atoms with E-state index in [4.69, 9.17) is 4.98 Å². The summed E-state index contributed by atoms with van der Waals surface area (Å²) in [4.78, 5) is 31.6. The molecule has 1 atom stereocenters. The number of hydrogen-bond donors (Lipinski definition) is 0. The van der Waals surface area contributed by atoms with Crippen LogP contribution in [-0.2, 0) is 11.8 Å². The first kappa shape index (κ1) is 17.7. The molecule has 1 aliphatic heterocycles. The van der Waals surface area contributed by atoms with E-state index in [1.807, 2.05) is 45.9 Å². The van der Waals surface area contributed by atoms with Crippen molar-refractivity contribution < 1.29 is 4.79 Å². The van der Waals surface area contributed by atoms with Gasteiger partial charge in [-0.05, 0) is 37.1 Å².